The quantitative estimate of drug-likeness (QED) is 0.690. The van der Waals surface area contributed by atoms with Gasteiger partial charge in [0.25, 0.3) is 0 Å². The molecule has 3 rings (SSSR count). The maximum absolute atomic E-state index is 13.2. The third-order valence-electron chi connectivity index (χ3n) is 2.79. The monoisotopic (exact) mass is 242 g/mol. The minimum absolute atomic E-state index is 0.262. The number of pyridine rings is 1. The summed E-state index contributed by atoms with van der Waals surface area (Å²) in [4.78, 5) is 4.45. The fraction of sp³-hybridized carbons (Fsp3) is 0.0714. The van der Waals surface area contributed by atoms with Crippen LogP contribution in [0.5, 0.6) is 5.75 Å². The van der Waals surface area contributed by atoms with E-state index < -0.39 is 0 Å². The second-order valence-electron chi connectivity index (χ2n) is 3.97. The normalized spacial score (nSPS) is 10.8. The van der Waals surface area contributed by atoms with E-state index in [1.165, 1.54) is 12.1 Å². The van der Waals surface area contributed by atoms with Crippen LogP contribution in [-0.4, -0.2) is 16.5 Å². The Kier molecular flexibility index (Phi) is 2.48. The Labute approximate surface area is 103 Å². The molecule has 0 fully saturated rings. The molecule has 0 atom stereocenters. The number of benzene rings is 1. The van der Waals surface area contributed by atoms with E-state index >= 15 is 0 Å². The molecule has 0 saturated carbocycles. The number of ether oxygens (including phenoxy) is 1. The van der Waals surface area contributed by atoms with E-state index in [1.807, 2.05) is 35.0 Å². The summed E-state index contributed by atoms with van der Waals surface area (Å²) in [5.74, 6) is 0.487. The van der Waals surface area contributed by atoms with Crippen LogP contribution in [0, 0.1) is 5.82 Å². The Bertz CT molecular complexity index is 706. The molecule has 2 heterocycles. The molecule has 0 saturated heterocycles. The average Bonchev–Trinajstić information content (AvgIpc) is 2.81. The van der Waals surface area contributed by atoms with Gasteiger partial charge >= 0.3 is 0 Å². The molecule has 90 valence electrons. The van der Waals surface area contributed by atoms with Crippen LogP contribution in [0.3, 0.4) is 0 Å². The standard InChI is InChI=1S/C14H11FN2O/c1-18-12-5-6-17-9-13(16-14(17)8-12)10-3-2-4-11(15)7-10/h2-9H,1H3. The van der Waals surface area contributed by atoms with Crippen molar-refractivity contribution in [2.75, 3.05) is 7.11 Å². The fourth-order valence-corrected chi connectivity index (χ4v) is 1.88. The van der Waals surface area contributed by atoms with Gasteiger partial charge in [0.1, 0.15) is 17.2 Å². The topological polar surface area (TPSA) is 26.5 Å². The Morgan fingerprint density at radius 1 is 1.22 bits per heavy atom. The van der Waals surface area contributed by atoms with Gasteiger partial charge in [-0.05, 0) is 18.2 Å². The summed E-state index contributed by atoms with van der Waals surface area (Å²) >= 11 is 0. The molecule has 2 aromatic heterocycles. The van der Waals surface area contributed by atoms with Gasteiger partial charge in [-0.3, -0.25) is 0 Å². The summed E-state index contributed by atoms with van der Waals surface area (Å²) < 4.78 is 20.2. The van der Waals surface area contributed by atoms with Crippen LogP contribution < -0.4 is 4.74 Å². The highest BCUT2D eigenvalue weighted by atomic mass is 19.1. The van der Waals surface area contributed by atoms with Gasteiger partial charge in [0.2, 0.25) is 0 Å². The zero-order chi connectivity index (χ0) is 12.5. The third-order valence-corrected chi connectivity index (χ3v) is 2.79. The Hall–Kier alpha value is -2.36. The first-order valence-corrected chi connectivity index (χ1v) is 5.55. The molecular weight excluding hydrogens is 231 g/mol. The number of imidazole rings is 1. The van der Waals surface area contributed by atoms with E-state index in [0.29, 0.717) is 0 Å². The molecule has 0 aliphatic carbocycles. The lowest BCUT2D eigenvalue weighted by molar-refractivity contribution is 0.414. The zero-order valence-corrected chi connectivity index (χ0v) is 9.80. The van der Waals surface area contributed by atoms with Crippen LogP contribution in [0.15, 0.2) is 48.8 Å². The first-order valence-electron chi connectivity index (χ1n) is 5.55. The van der Waals surface area contributed by atoms with Crippen molar-refractivity contribution in [3.63, 3.8) is 0 Å². The first kappa shape index (κ1) is 10.8. The van der Waals surface area contributed by atoms with Crippen molar-refractivity contribution in [3.8, 4) is 17.0 Å². The highest BCUT2D eigenvalue weighted by Crippen LogP contribution is 2.21. The van der Waals surface area contributed by atoms with Crippen molar-refractivity contribution in [2.45, 2.75) is 0 Å². The lowest BCUT2D eigenvalue weighted by Crippen LogP contribution is -1.86. The van der Waals surface area contributed by atoms with E-state index in [1.54, 1.807) is 13.2 Å². The molecule has 18 heavy (non-hydrogen) atoms. The van der Waals surface area contributed by atoms with Crippen molar-refractivity contribution in [1.29, 1.82) is 0 Å². The summed E-state index contributed by atoms with van der Waals surface area (Å²) in [6.07, 6.45) is 3.73. The molecule has 4 heteroatoms. The second-order valence-corrected chi connectivity index (χ2v) is 3.97. The molecule has 0 bridgehead atoms. The summed E-state index contributed by atoms with van der Waals surface area (Å²) in [5, 5.41) is 0. The van der Waals surface area contributed by atoms with Crippen molar-refractivity contribution in [3.05, 3.63) is 54.6 Å². The highest BCUT2D eigenvalue weighted by Gasteiger charge is 2.05. The second kappa shape index (κ2) is 4.14. The molecule has 3 aromatic rings. The lowest BCUT2D eigenvalue weighted by Gasteiger charge is -1.98. The number of nitrogens with zero attached hydrogens (tertiary/aromatic N) is 2. The summed E-state index contributed by atoms with van der Waals surface area (Å²) in [6.45, 7) is 0. The minimum atomic E-state index is -0.262. The summed E-state index contributed by atoms with van der Waals surface area (Å²) in [5.41, 5.74) is 2.27. The molecule has 0 N–H and O–H groups in total. The maximum atomic E-state index is 13.2. The van der Waals surface area contributed by atoms with E-state index in [-0.39, 0.29) is 5.82 Å². The summed E-state index contributed by atoms with van der Waals surface area (Å²) in [6, 6.07) is 10.1. The Morgan fingerprint density at radius 3 is 2.89 bits per heavy atom. The van der Waals surface area contributed by atoms with Crippen molar-refractivity contribution in [2.24, 2.45) is 0 Å². The predicted molar refractivity (Wildman–Crippen MR) is 67.1 cm³/mol. The van der Waals surface area contributed by atoms with Crippen LogP contribution in [0.1, 0.15) is 0 Å². The first-order chi connectivity index (χ1) is 8.76. The number of rotatable bonds is 2. The van der Waals surface area contributed by atoms with E-state index in [2.05, 4.69) is 4.98 Å². The number of hydrogen-bond acceptors (Lipinski definition) is 2. The fourth-order valence-electron chi connectivity index (χ4n) is 1.88. The van der Waals surface area contributed by atoms with Gasteiger partial charge in [-0.15, -0.1) is 0 Å². The minimum Gasteiger partial charge on any atom is -0.497 e. The Balaban J connectivity index is 2.13. The third kappa shape index (κ3) is 1.82. The molecule has 0 amide bonds. The molecule has 1 aromatic carbocycles. The molecule has 0 spiro atoms. The van der Waals surface area contributed by atoms with Crippen molar-refractivity contribution in [1.82, 2.24) is 9.38 Å². The Morgan fingerprint density at radius 2 is 2.11 bits per heavy atom. The number of aromatic nitrogens is 2. The smallest absolute Gasteiger partial charge is 0.141 e. The number of fused-ring (bicyclic) bond motifs is 1. The van der Waals surface area contributed by atoms with Crippen LogP contribution in [0.4, 0.5) is 4.39 Å². The average molecular weight is 242 g/mol. The summed E-state index contributed by atoms with van der Waals surface area (Å²) in [7, 11) is 1.61. The van der Waals surface area contributed by atoms with Crippen molar-refractivity contribution >= 4 is 5.65 Å². The van der Waals surface area contributed by atoms with Gasteiger partial charge in [-0.25, -0.2) is 9.37 Å². The highest BCUT2D eigenvalue weighted by molar-refractivity contribution is 5.63. The van der Waals surface area contributed by atoms with Gasteiger partial charge in [0.05, 0.1) is 12.8 Å². The largest absolute Gasteiger partial charge is 0.497 e. The zero-order valence-electron chi connectivity index (χ0n) is 9.80. The molecule has 0 radical (unpaired) electrons. The number of methoxy groups -OCH3 is 1. The van der Waals surface area contributed by atoms with E-state index in [0.717, 1.165) is 22.7 Å². The number of hydrogen-bond donors (Lipinski definition) is 0. The molecule has 0 aliphatic heterocycles. The van der Waals surface area contributed by atoms with Gasteiger partial charge < -0.3 is 9.14 Å². The SMILES string of the molecule is COc1ccn2cc(-c3cccc(F)c3)nc2c1. The van der Waals surface area contributed by atoms with Crippen molar-refractivity contribution < 1.29 is 9.13 Å². The van der Waals surface area contributed by atoms with E-state index in [9.17, 15) is 4.39 Å². The van der Waals surface area contributed by atoms with Crippen LogP contribution in [-0.2, 0) is 0 Å². The number of halogens is 1. The molecule has 3 nitrogen and oxygen atoms in total. The van der Waals surface area contributed by atoms with Crippen LogP contribution >= 0.6 is 0 Å². The van der Waals surface area contributed by atoms with Gasteiger partial charge in [0, 0.05) is 24.0 Å². The lowest BCUT2D eigenvalue weighted by atomic mass is 10.2. The van der Waals surface area contributed by atoms with Crippen LogP contribution in [0.25, 0.3) is 16.9 Å². The molecular formula is C14H11FN2O. The van der Waals surface area contributed by atoms with E-state index in [4.69, 9.17) is 4.74 Å². The predicted octanol–water partition coefficient (Wildman–Crippen LogP) is 3.15. The van der Waals surface area contributed by atoms with Gasteiger partial charge in [-0.1, -0.05) is 12.1 Å². The van der Waals surface area contributed by atoms with Gasteiger partial charge in [0.15, 0.2) is 0 Å². The maximum Gasteiger partial charge on any atom is 0.141 e. The molecule has 0 unspecified atom stereocenters. The van der Waals surface area contributed by atoms with Crippen LogP contribution in [0.2, 0.25) is 0 Å². The molecule has 0 aliphatic rings. The van der Waals surface area contributed by atoms with Gasteiger partial charge in [-0.2, -0.15) is 0 Å².